The number of rotatable bonds is 18. The van der Waals surface area contributed by atoms with Gasteiger partial charge in [0.25, 0.3) is 5.91 Å². The zero-order valence-electron chi connectivity index (χ0n) is 46.1. The number of amides is 1. The van der Waals surface area contributed by atoms with E-state index in [1.807, 2.05) is 62.4 Å². The van der Waals surface area contributed by atoms with E-state index in [1.165, 1.54) is 34.9 Å². The second kappa shape index (κ2) is 27.9. The molecule has 0 radical (unpaired) electrons. The van der Waals surface area contributed by atoms with E-state index in [1.54, 1.807) is 84.9 Å². The van der Waals surface area contributed by atoms with E-state index < -0.39 is 23.2 Å². The Morgan fingerprint density at radius 2 is 0.825 bits per heavy atom. The van der Waals surface area contributed by atoms with Crippen molar-refractivity contribution in [3.8, 4) is 28.7 Å². The molecule has 9 rings (SSSR count). The summed E-state index contributed by atoms with van der Waals surface area (Å²) in [4.78, 5) is 70.1. The van der Waals surface area contributed by atoms with Gasteiger partial charge in [-0.2, -0.15) is 0 Å². The molecule has 80 heavy (non-hydrogen) atoms. The van der Waals surface area contributed by atoms with Gasteiger partial charge in [-0.3, -0.25) is 4.79 Å². The van der Waals surface area contributed by atoms with Crippen molar-refractivity contribution in [1.29, 1.82) is 0 Å². The van der Waals surface area contributed by atoms with Gasteiger partial charge in [0.05, 0.1) is 0 Å². The number of anilines is 1. The number of hydrogen-bond acceptors (Lipinski definition) is 14. The van der Waals surface area contributed by atoms with Crippen molar-refractivity contribution in [3.05, 3.63) is 211 Å². The predicted molar refractivity (Wildman–Crippen MR) is 309 cm³/mol. The van der Waals surface area contributed by atoms with Crippen LogP contribution < -0.4 is 45.9 Å². The van der Waals surface area contributed by atoms with Crippen LogP contribution in [-0.2, 0) is 14.4 Å². The number of fused-ring (bicyclic) bond motifs is 3. The number of carbonyl (C=O) groups excluding carboxylic acids is 3. The number of benzene rings is 6. The van der Waals surface area contributed by atoms with Gasteiger partial charge < -0.3 is 42.3 Å². The molecule has 6 aromatic carbocycles. The number of esters is 2. The van der Waals surface area contributed by atoms with E-state index in [9.17, 15) is 28.8 Å². The van der Waals surface area contributed by atoms with Crippen molar-refractivity contribution in [2.24, 2.45) is 0 Å². The van der Waals surface area contributed by atoms with Crippen molar-refractivity contribution < 1.29 is 51.3 Å². The van der Waals surface area contributed by atoms with Crippen molar-refractivity contribution >= 4 is 56.4 Å². The summed E-state index contributed by atoms with van der Waals surface area (Å²) in [7, 11) is 0. The van der Waals surface area contributed by atoms with Gasteiger partial charge in [0.15, 0.2) is 19.8 Å². The number of hydrogen-bond donors (Lipinski definition) is 1. The predicted octanol–water partition coefficient (Wildman–Crippen LogP) is 13.5. The molecule has 15 heteroatoms. The highest BCUT2D eigenvalue weighted by molar-refractivity contribution is 5.94. The molecular weight excluding hydrogens is 1020 g/mol. The van der Waals surface area contributed by atoms with Crippen LogP contribution in [0.1, 0.15) is 106 Å². The maximum atomic E-state index is 12.2. The fraction of sp³-hybridized carbons (Fsp3) is 0.262. The van der Waals surface area contributed by atoms with Crippen LogP contribution >= 0.6 is 0 Å². The first-order valence-corrected chi connectivity index (χ1v) is 26.5. The SMILES string of the molecule is CCC(C)c1ccc(OC(=O)COc2ccc3oc(=O)cc(C)c3c2)cc1.CCC(C)c1ccc(OC(=O)COc2ccc3oc(=O)ccc3c2)cc1.CCC(C)c1ccc(OCC(=O)Nc2ccc3oc(=O)cc(C)c3c2)cc1. The first-order chi connectivity index (χ1) is 38.5. The van der Waals surface area contributed by atoms with Gasteiger partial charge in [-0.25, -0.2) is 24.0 Å². The first-order valence-electron chi connectivity index (χ1n) is 26.5. The summed E-state index contributed by atoms with van der Waals surface area (Å²) in [5, 5.41) is 5.07. The number of aryl methyl sites for hydroxylation is 2. The molecule has 0 fully saturated rings. The lowest BCUT2D eigenvalue weighted by molar-refractivity contribution is -0.137. The summed E-state index contributed by atoms with van der Waals surface area (Å²) in [5.41, 5.74) is 6.16. The van der Waals surface area contributed by atoms with E-state index in [4.69, 9.17) is 36.9 Å². The third-order valence-corrected chi connectivity index (χ3v) is 13.5. The normalized spacial score (nSPS) is 11.9. The third kappa shape index (κ3) is 16.6. The van der Waals surface area contributed by atoms with Gasteiger partial charge in [-0.15, -0.1) is 0 Å². The molecule has 0 saturated carbocycles. The lowest BCUT2D eigenvalue weighted by atomic mass is 9.99. The molecule has 3 aromatic heterocycles. The van der Waals surface area contributed by atoms with Crippen molar-refractivity contribution in [2.45, 2.75) is 92.4 Å². The summed E-state index contributed by atoms with van der Waals surface area (Å²) in [5.74, 6) is 2.87. The van der Waals surface area contributed by atoms with Crippen molar-refractivity contribution in [2.75, 3.05) is 25.1 Å². The third-order valence-electron chi connectivity index (χ3n) is 13.5. The van der Waals surface area contributed by atoms with E-state index >= 15 is 0 Å². The summed E-state index contributed by atoms with van der Waals surface area (Å²) < 4.78 is 42.5. The minimum absolute atomic E-state index is 0.0798. The molecule has 0 bridgehead atoms. The van der Waals surface area contributed by atoms with E-state index in [2.05, 4.69) is 46.9 Å². The van der Waals surface area contributed by atoms with Crippen molar-refractivity contribution in [1.82, 2.24) is 0 Å². The zero-order chi connectivity index (χ0) is 57.3. The molecule has 1 N–H and O–H groups in total. The Morgan fingerprint density at radius 1 is 0.425 bits per heavy atom. The van der Waals surface area contributed by atoms with Crippen LogP contribution in [0.25, 0.3) is 32.9 Å². The monoisotopic (exact) mass is 1080 g/mol. The molecule has 0 aliphatic rings. The van der Waals surface area contributed by atoms with Gasteiger partial charge in [0.1, 0.15) is 45.5 Å². The number of ether oxygens (including phenoxy) is 5. The van der Waals surface area contributed by atoms with Crippen LogP contribution in [0, 0.1) is 13.8 Å². The van der Waals surface area contributed by atoms with Crippen LogP contribution in [0.5, 0.6) is 28.7 Å². The summed E-state index contributed by atoms with van der Waals surface area (Å²) in [6, 6.07) is 43.9. The molecule has 414 valence electrons. The minimum atomic E-state index is -0.485. The molecule has 9 aromatic rings. The highest BCUT2D eigenvalue weighted by Crippen LogP contribution is 2.27. The first kappa shape index (κ1) is 58.4. The Morgan fingerprint density at radius 3 is 1.31 bits per heavy atom. The summed E-state index contributed by atoms with van der Waals surface area (Å²) >= 11 is 0. The number of nitrogens with one attached hydrogen (secondary N) is 1. The highest BCUT2D eigenvalue weighted by Gasteiger charge is 2.13. The maximum absolute atomic E-state index is 12.2. The quantitative estimate of drug-likeness (QED) is 0.0483. The average molecular weight is 1080 g/mol. The lowest BCUT2D eigenvalue weighted by Crippen LogP contribution is -2.20. The smallest absolute Gasteiger partial charge is 0.349 e. The van der Waals surface area contributed by atoms with Gasteiger partial charge >= 0.3 is 28.8 Å². The Kier molecular flexibility index (Phi) is 20.4. The highest BCUT2D eigenvalue weighted by atomic mass is 16.6. The van der Waals surface area contributed by atoms with Gasteiger partial charge in [0.2, 0.25) is 0 Å². The Bertz CT molecular complexity index is 3750. The molecule has 3 atom stereocenters. The van der Waals surface area contributed by atoms with Gasteiger partial charge in [-0.1, -0.05) is 77.9 Å². The van der Waals surface area contributed by atoms with Crippen molar-refractivity contribution in [3.63, 3.8) is 0 Å². The minimum Gasteiger partial charge on any atom is -0.484 e. The van der Waals surface area contributed by atoms with E-state index in [-0.39, 0.29) is 31.4 Å². The average Bonchev–Trinajstić information content (AvgIpc) is 3.46. The second-order valence-electron chi connectivity index (χ2n) is 19.3. The molecule has 0 spiro atoms. The summed E-state index contributed by atoms with van der Waals surface area (Å²) in [6.07, 6.45) is 3.20. The molecule has 0 aliphatic heterocycles. The molecule has 3 heterocycles. The Balaban J connectivity index is 0.000000173. The molecule has 15 nitrogen and oxygen atoms in total. The Labute approximate surface area is 463 Å². The van der Waals surface area contributed by atoms with Crippen LogP contribution in [0.15, 0.2) is 179 Å². The van der Waals surface area contributed by atoms with Crippen LogP contribution in [0.2, 0.25) is 0 Å². The van der Waals surface area contributed by atoms with E-state index in [0.29, 0.717) is 68.9 Å². The molecule has 0 aliphatic carbocycles. The zero-order valence-corrected chi connectivity index (χ0v) is 46.1. The fourth-order valence-corrected chi connectivity index (χ4v) is 8.21. The Hall–Kier alpha value is -9.24. The van der Waals surface area contributed by atoms with E-state index in [0.717, 1.165) is 46.5 Å². The standard InChI is InChI=1S/C22H23NO4.C22H22O5.C21H20O5/c1-4-14(2)16-5-8-18(9-6-16)26-13-21(24)23-17-7-10-20-19(12-17)15(3)11-22(25)27-20;1-4-14(2)16-5-7-17(8-6-16)26-22(24)13-25-18-9-10-20-19(12-18)15(3)11-21(23)27-20;1-3-14(2)15-4-7-17(8-5-15)25-21(23)13-24-18-9-10-19-16(12-18)6-11-20(22)26-19/h5-12,14H,4,13H2,1-3H3,(H,23,24);5-12,14H,4,13H2,1-3H3;4-12,14H,3,13H2,1-2H3. The molecule has 3 unspecified atom stereocenters. The van der Waals surface area contributed by atoms with Crippen LogP contribution in [0.4, 0.5) is 5.69 Å². The molecule has 1 amide bonds. The summed E-state index contributed by atoms with van der Waals surface area (Å²) in [6.45, 7) is 16.1. The largest absolute Gasteiger partial charge is 0.484 e. The number of carbonyl (C=O) groups is 3. The van der Waals surface area contributed by atoms with Gasteiger partial charge in [-0.05, 0) is 176 Å². The fourth-order valence-electron chi connectivity index (χ4n) is 8.21. The molecule has 0 saturated heterocycles. The topological polar surface area (TPSA) is 200 Å². The van der Waals surface area contributed by atoms with Crippen LogP contribution in [0.3, 0.4) is 0 Å². The van der Waals surface area contributed by atoms with Crippen LogP contribution in [-0.4, -0.2) is 37.7 Å². The molecular formula is C65H65NO14. The van der Waals surface area contributed by atoms with Gasteiger partial charge in [0, 0.05) is 40.0 Å². The second-order valence-corrected chi connectivity index (χ2v) is 19.3. The lowest BCUT2D eigenvalue weighted by Gasteiger charge is -2.11. The maximum Gasteiger partial charge on any atom is 0.349 e.